The lowest BCUT2D eigenvalue weighted by Gasteiger charge is -2.18. The largest absolute Gasteiger partial charge is 0.324 e. The lowest BCUT2D eigenvalue weighted by molar-refractivity contribution is 0.348. The number of aromatic nitrogens is 2. The van der Waals surface area contributed by atoms with Crippen molar-refractivity contribution < 1.29 is 8.78 Å². The van der Waals surface area contributed by atoms with Gasteiger partial charge in [-0.3, -0.25) is 0 Å². The molecule has 1 aromatic heterocycles. The van der Waals surface area contributed by atoms with Gasteiger partial charge in [0.25, 0.3) is 0 Å². The highest BCUT2D eigenvalue weighted by molar-refractivity contribution is 6.16. The minimum Gasteiger partial charge on any atom is -0.324 e. The van der Waals surface area contributed by atoms with Gasteiger partial charge in [-0.25, -0.2) is 13.8 Å². The van der Waals surface area contributed by atoms with Crippen LogP contribution in [0.5, 0.6) is 0 Å². The first kappa shape index (κ1) is 13.5. The van der Waals surface area contributed by atoms with Crippen LogP contribution in [-0.2, 0) is 12.4 Å². The van der Waals surface area contributed by atoms with Crippen LogP contribution in [0.15, 0.2) is 12.1 Å². The minimum atomic E-state index is -0.820. The summed E-state index contributed by atoms with van der Waals surface area (Å²) in [5, 5.41) is 0. The summed E-state index contributed by atoms with van der Waals surface area (Å²) in [5.41, 5.74) is 0.770. The Morgan fingerprint density at radius 3 is 2.43 bits per heavy atom. The van der Waals surface area contributed by atoms with Gasteiger partial charge in [-0.05, 0) is 55.6 Å². The fraction of sp³-hybridized carbons (Fsp3) is 0.562. The van der Waals surface area contributed by atoms with E-state index in [1.807, 2.05) is 4.57 Å². The maximum absolute atomic E-state index is 14.2. The second kappa shape index (κ2) is 4.94. The van der Waals surface area contributed by atoms with Gasteiger partial charge in [0, 0.05) is 6.54 Å². The van der Waals surface area contributed by atoms with Gasteiger partial charge in [-0.2, -0.15) is 0 Å². The molecule has 1 aromatic carbocycles. The van der Waals surface area contributed by atoms with E-state index in [0.717, 1.165) is 17.9 Å². The van der Waals surface area contributed by atoms with Gasteiger partial charge in [-0.1, -0.05) is 0 Å². The Morgan fingerprint density at radius 2 is 1.86 bits per heavy atom. The van der Waals surface area contributed by atoms with Crippen molar-refractivity contribution in [1.29, 1.82) is 0 Å². The van der Waals surface area contributed by atoms with Crippen molar-refractivity contribution in [3.8, 4) is 0 Å². The highest BCUT2D eigenvalue weighted by Gasteiger charge is 2.41. The number of halogens is 3. The monoisotopic (exact) mass is 310 g/mol. The predicted octanol–water partition coefficient (Wildman–Crippen LogP) is 4.49. The van der Waals surface area contributed by atoms with Gasteiger partial charge in [0.2, 0.25) is 0 Å². The number of alkyl halides is 1. The first-order chi connectivity index (χ1) is 10.2. The molecule has 5 heteroatoms. The van der Waals surface area contributed by atoms with E-state index in [0.29, 0.717) is 23.8 Å². The van der Waals surface area contributed by atoms with E-state index < -0.39 is 11.6 Å². The average Bonchev–Trinajstić information content (AvgIpc) is 3.37. The molecule has 0 saturated heterocycles. The molecule has 0 amide bonds. The predicted molar refractivity (Wildman–Crippen MR) is 78.1 cm³/mol. The highest BCUT2D eigenvalue weighted by Crippen LogP contribution is 2.50. The van der Waals surface area contributed by atoms with E-state index >= 15 is 0 Å². The van der Waals surface area contributed by atoms with E-state index in [4.69, 9.17) is 11.6 Å². The number of fused-ring (bicyclic) bond motifs is 1. The Morgan fingerprint density at radius 1 is 1.19 bits per heavy atom. The maximum Gasteiger partial charge on any atom is 0.184 e. The van der Waals surface area contributed by atoms with Crippen LogP contribution >= 0.6 is 11.6 Å². The van der Waals surface area contributed by atoms with Crippen molar-refractivity contribution in [2.45, 2.75) is 38.1 Å². The van der Waals surface area contributed by atoms with Crippen molar-refractivity contribution in [3.63, 3.8) is 0 Å². The zero-order chi connectivity index (χ0) is 14.6. The fourth-order valence-electron chi connectivity index (χ4n) is 3.45. The molecular formula is C16H17ClF2N2. The standard InChI is InChI=1S/C16H17ClF2N2/c17-7-14-20-13-6-5-12(18)15(19)16(13)21(14)8-11(9-1-2-9)10-3-4-10/h5-6,9-11H,1-4,7-8H2. The molecule has 1 heterocycles. The average molecular weight is 311 g/mol. The van der Waals surface area contributed by atoms with Crippen LogP contribution in [0.3, 0.4) is 0 Å². The number of nitrogens with zero attached hydrogens (tertiary/aromatic N) is 2. The molecule has 0 unspecified atom stereocenters. The molecule has 2 fully saturated rings. The highest BCUT2D eigenvalue weighted by atomic mass is 35.5. The molecule has 2 saturated carbocycles. The summed E-state index contributed by atoms with van der Waals surface area (Å²) in [5.74, 6) is 1.29. The third-order valence-electron chi connectivity index (χ3n) is 4.85. The van der Waals surface area contributed by atoms with E-state index in [-0.39, 0.29) is 11.4 Å². The Balaban J connectivity index is 1.79. The van der Waals surface area contributed by atoms with Gasteiger partial charge in [0.05, 0.1) is 11.4 Å². The van der Waals surface area contributed by atoms with Crippen LogP contribution in [0.4, 0.5) is 8.78 Å². The Kier molecular flexibility index (Phi) is 3.18. The summed E-state index contributed by atoms with van der Waals surface area (Å²) >= 11 is 5.97. The molecule has 2 nitrogen and oxygen atoms in total. The molecule has 21 heavy (non-hydrogen) atoms. The molecule has 0 N–H and O–H groups in total. The molecule has 2 aliphatic carbocycles. The minimum absolute atomic E-state index is 0.220. The first-order valence-electron chi connectivity index (χ1n) is 7.58. The van der Waals surface area contributed by atoms with Crippen LogP contribution in [0.1, 0.15) is 31.5 Å². The fourth-order valence-corrected chi connectivity index (χ4v) is 3.65. The molecule has 0 bridgehead atoms. The maximum atomic E-state index is 14.2. The van der Waals surface area contributed by atoms with Gasteiger partial charge < -0.3 is 4.57 Å². The summed E-state index contributed by atoms with van der Waals surface area (Å²) in [6.07, 6.45) is 5.06. The lowest BCUT2D eigenvalue weighted by Crippen LogP contribution is -2.17. The Labute approximate surface area is 127 Å². The number of hydrogen-bond acceptors (Lipinski definition) is 1. The second-order valence-electron chi connectivity index (χ2n) is 6.34. The Bertz CT molecular complexity index is 677. The van der Waals surface area contributed by atoms with Crippen molar-refractivity contribution in [1.82, 2.24) is 9.55 Å². The summed E-state index contributed by atoms with van der Waals surface area (Å²) in [6, 6.07) is 2.66. The summed E-state index contributed by atoms with van der Waals surface area (Å²) in [6.45, 7) is 0.717. The van der Waals surface area contributed by atoms with Crippen molar-refractivity contribution in [2.24, 2.45) is 17.8 Å². The summed E-state index contributed by atoms with van der Waals surface area (Å²) in [4.78, 5) is 4.37. The number of benzene rings is 1. The third-order valence-corrected chi connectivity index (χ3v) is 5.09. The molecule has 0 atom stereocenters. The SMILES string of the molecule is Fc1ccc2nc(CCl)n(CC(C3CC3)C3CC3)c2c1F. The second-order valence-corrected chi connectivity index (χ2v) is 6.61. The normalized spacial score (nSPS) is 18.9. The quantitative estimate of drug-likeness (QED) is 0.744. The molecule has 0 radical (unpaired) electrons. The van der Waals surface area contributed by atoms with E-state index in [9.17, 15) is 8.78 Å². The third kappa shape index (κ3) is 2.33. The molecule has 2 aromatic rings. The van der Waals surface area contributed by atoms with Gasteiger partial charge in [0.15, 0.2) is 11.6 Å². The van der Waals surface area contributed by atoms with Crippen molar-refractivity contribution >= 4 is 22.6 Å². The number of rotatable bonds is 5. The zero-order valence-corrected chi connectivity index (χ0v) is 12.4. The van der Waals surface area contributed by atoms with Gasteiger partial charge in [-0.15, -0.1) is 11.6 Å². The topological polar surface area (TPSA) is 17.8 Å². The number of imidazole rings is 1. The molecule has 0 spiro atoms. The first-order valence-corrected chi connectivity index (χ1v) is 8.11. The summed E-state index contributed by atoms with van der Waals surface area (Å²) in [7, 11) is 0. The molecule has 0 aliphatic heterocycles. The molecule has 4 rings (SSSR count). The zero-order valence-electron chi connectivity index (χ0n) is 11.7. The van der Waals surface area contributed by atoms with Crippen LogP contribution in [0.25, 0.3) is 11.0 Å². The molecule has 2 aliphatic rings. The molecule has 112 valence electrons. The molecular weight excluding hydrogens is 294 g/mol. The van der Waals surface area contributed by atoms with Crippen molar-refractivity contribution in [3.05, 3.63) is 29.6 Å². The van der Waals surface area contributed by atoms with E-state index in [1.54, 1.807) is 0 Å². The van der Waals surface area contributed by atoms with E-state index in [1.165, 1.54) is 31.7 Å². The van der Waals surface area contributed by atoms with Gasteiger partial charge in [0.1, 0.15) is 11.3 Å². The summed E-state index contributed by atoms with van der Waals surface area (Å²) < 4.78 is 29.6. The van der Waals surface area contributed by atoms with Crippen molar-refractivity contribution in [2.75, 3.05) is 0 Å². The van der Waals surface area contributed by atoms with Crippen LogP contribution in [0, 0.1) is 29.4 Å². The van der Waals surface area contributed by atoms with Crippen LogP contribution in [0.2, 0.25) is 0 Å². The lowest BCUT2D eigenvalue weighted by atomic mass is 9.97. The van der Waals surface area contributed by atoms with E-state index in [2.05, 4.69) is 4.98 Å². The van der Waals surface area contributed by atoms with Crippen LogP contribution < -0.4 is 0 Å². The Hall–Kier alpha value is -1.16. The van der Waals surface area contributed by atoms with Gasteiger partial charge >= 0.3 is 0 Å². The number of hydrogen-bond donors (Lipinski definition) is 0. The van der Waals surface area contributed by atoms with Crippen LogP contribution in [-0.4, -0.2) is 9.55 Å². The smallest absolute Gasteiger partial charge is 0.184 e.